The summed E-state index contributed by atoms with van der Waals surface area (Å²) in [6.07, 6.45) is 0. The van der Waals surface area contributed by atoms with Gasteiger partial charge in [0.2, 0.25) is 0 Å². The molecule has 0 aliphatic heterocycles. The minimum atomic E-state index is -2.05. The topological polar surface area (TPSA) is 26.3 Å². The molecule has 0 fully saturated rings. The molecule has 88 valence electrons. The first-order valence-corrected chi connectivity index (χ1v) is 8.30. The Balaban J connectivity index is 2.36. The predicted molar refractivity (Wildman–Crippen MR) is 76.1 cm³/mol. The van der Waals surface area contributed by atoms with Crippen LogP contribution in [0, 0.1) is 7.14 Å². The zero-order valence-corrected chi connectivity index (χ0v) is 11.6. The van der Waals surface area contributed by atoms with Crippen LogP contribution in [0.4, 0.5) is 0 Å². The Hall–Kier alpha value is -1.36. The molecular formula is C14H13IO2. The van der Waals surface area contributed by atoms with E-state index in [2.05, 4.69) is 0 Å². The fourth-order valence-electron chi connectivity index (χ4n) is 1.38. The molecule has 2 rings (SSSR count). The van der Waals surface area contributed by atoms with Gasteiger partial charge in [0, 0.05) is 0 Å². The molecular weight excluding hydrogens is 327 g/mol. The Kier molecular flexibility index (Phi) is 4.14. The van der Waals surface area contributed by atoms with E-state index in [1.54, 1.807) is 0 Å². The van der Waals surface area contributed by atoms with Gasteiger partial charge in [0.1, 0.15) is 0 Å². The summed E-state index contributed by atoms with van der Waals surface area (Å²) in [6, 6.07) is 20.0. The molecule has 3 heteroatoms. The summed E-state index contributed by atoms with van der Waals surface area (Å²) in [5, 5.41) is 0. The zero-order chi connectivity index (χ0) is 12.1. The molecule has 0 unspecified atom stereocenters. The molecule has 0 spiro atoms. The van der Waals surface area contributed by atoms with E-state index < -0.39 is 20.2 Å². The van der Waals surface area contributed by atoms with Gasteiger partial charge in [-0.05, 0) is 0 Å². The van der Waals surface area contributed by atoms with Crippen LogP contribution in [0.1, 0.15) is 6.92 Å². The normalized spacial score (nSPS) is 10.8. The number of rotatable bonds is 3. The second kappa shape index (κ2) is 5.82. The molecule has 17 heavy (non-hydrogen) atoms. The molecule has 0 heterocycles. The molecule has 0 aliphatic carbocycles. The van der Waals surface area contributed by atoms with Gasteiger partial charge in [0.05, 0.1) is 0 Å². The standard InChI is InChI=1S/C14H13IO2/c1-12(16)17-15(13-8-4-2-5-9-13)14-10-6-3-7-11-14/h2-11H,1H3. The first-order valence-electron chi connectivity index (χ1n) is 5.26. The van der Waals surface area contributed by atoms with Gasteiger partial charge < -0.3 is 0 Å². The molecule has 0 N–H and O–H groups in total. The van der Waals surface area contributed by atoms with Crippen LogP contribution in [-0.2, 0) is 7.86 Å². The Bertz CT molecular complexity index is 443. The Morgan fingerprint density at radius 2 is 1.29 bits per heavy atom. The van der Waals surface area contributed by atoms with Crippen LogP contribution in [0.15, 0.2) is 60.7 Å². The summed E-state index contributed by atoms with van der Waals surface area (Å²) in [6.45, 7) is 1.47. The van der Waals surface area contributed by atoms with Crippen molar-refractivity contribution in [2.24, 2.45) is 0 Å². The Morgan fingerprint density at radius 1 is 0.882 bits per heavy atom. The Morgan fingerprint density at radius 3 is 1.65 bits per heavy atom. The third-order valence-electron chi connectivity index (χ3n) is 2.05. The van der Waals surface area contributed by atoms with E-state index >= 15 is 0 Å². The van der Waals surface area contributed by atoms with E-state index in [0.717, 1.165) is 7.14 Å². The summed E-state index contributed by atoms with van der Waals surface area (Å²) in [7, 11) is 0. The number of halogens is 1. The first kappa shape index (κ1) is 12.1. The molecule has 0 atom stereocenters. The maximum atomic E-state index is 11.2. The summed E-state index contributed by atoms with van der Waals surface area (Å²) < 4.78 is 7.81. The van der Waals surface area contributed by atoms with Gasteiger partial charge in [-0.3, -0.25) is 0 Å². The van der Waals surface area contributed by atoms with Crippen molar-refractivity contribution in [2.45, 2.75) is 6.92 Å². The van der Waals surface area contributed by atoms with E-state index in [9.17, 15) is 4.79 Å². The molecule has 0 bridgehead atoms. The first-order chi connectivity index (χ1) is 8.27. The van der Waals surface area contributed by atoms with Gasteiger partial charge in [-0.15, -0.1) is 0 Å². The molecule has 0 saturated carbocycles. The second-order valence-corrected chi connectivity index (χ2v) is 7.76. The van der Waals surface area contributed by atoms with Crippen molar-refractivity contribution in [3.05, 3.63) is 67.8 Å². The molecule has 2 aromatic carbocycles. The van der Waals surface area contributed by atoms with E-state index in [1.807, 2.05) is 60.7 Å². The van der Waals surface area contributed by atoms with Crippen molar-refractivity contribution in [2.75, 3.05) is 0 Å². The summed E-state index contributed by atoms with van der Waals surface area (Å²) in [5.74, 6) is -0.206. The van der Waals surface area contributed by atoms with Gasteiger partial charge in [-0.25, -0.2) is 0 Å². The third-order valence-corrected chi connectivity index (χ3v) is 6.81. The van der Waals surface area contributed by atoms with Crippen molar-refractivity contribution in [3.63, 3.8) is 0 Å². The van der Waals surface area contributed by atoms with Crippen LogP contribution in [0.25, 0.3) is 0 Å². The number of benzene rings is 2. The quantitative estimate of drug-likeness (QED) is 0.797. The van der Waals surface area contributed by atoms with Crippen LogP contribution in [0.5, 0.6) is 0 Å². The van der Waals surface area contributed by atoms with Gasteiger partial charge >= 0.3 is 109 Å². The molecule has 0 aliphatic rings. The molecule has 2 nitrogen and oxygen atoms in total. The van der Waals surface area contributed by atoms with Gasteiger partial charge in [0.15, 0.2) is 0 Å². The second-order valence-electron chi connectivity index (χ2n) is 3.41. The summed E-state index contributed by atoms with van der Waals surface area (Å²) >= 11 is -2.05. The molecule has 0 aromatic heterocycles. The van der Waals surface area contributed by atoms with Gasteiger partial charge in [0.25, 0.3) is 0 Å². The predicted octanol–water partition coefficient (Wildman–Crippen LogP) is 3.71. The molecule has 2 aromatic rings. The van der Waals surface area contributed by atoms with E-state index in [4.69, 9.17) is 3.07 Å². The van der Waals surface area contributed by atoms with Crippen LogP contribution in [-0.4, -0.2) is 5.97 Å². The fourth-order valence-corrected chi connectivity index (χ4v) is 5.37. The fraction of sp³-hybridized carbons (Fsp3) is 0.0714. The van der Waals surface area contributed by atoms with Crippen molar-refractivity contribution >= 4 is 26.2 Å². The minimum absolute atomic E-state index is 0.206. The van der Waals surface area contributed by atoms with Crippen LogP contribution >= 0.6 is 20.2 Å². The van der Waals surface area contributed by atoms with Crippen LogP contribution in [0.2, 0.25) is 0 Å². The summed E-state index contributed by atoms with van der Waals surface area (Å²) in [5.41, 5.74) is 0. The van der Waals surface area contributed by atoms with Crippen molar-refractivity contribution in [3.8, 4) is 0 Å². The Labute approximate surface area is 109 Å². The number of carbonyl (C=O) groups excluding carboxylic acids is 1. The maximum absolute atomic E-state index is 11.2. The number of hydrogen-bond donors (Lipinski definition) is 0. The van der Waals surface area contributed by atoms with Crippen molar-refractivity contribution < 1.29 is 7.86 Å². The van der Waals surface area contributed by atoms with E-state index in [1.165, 1.54) is 6.92 Å². The number of hydrogen-bond acceptors (Lipinski definition) is 2. The van der Waals surface area contributed by atoms with Crippen LogP contribution in [0.3, 0.4) is 0 Å². The number of carbonyl (C=O) groups is 1. The average molecular weight is 340 g/mol. The molecule has 0 radical (unpaired) electrons. The average Bonchev–Trinajstić information content (AvgIpc) is 2.38. The summed E-state index contributed by atoms with van der Waals surface area (Å²) in [4.78, 5) is 11.2. The van der Waals surface area contributed by atoms with Crippen molar-refractivity contribution in [1.29, 1.82) is 0 Å². The molecule has 0 saturated heterocycles. The van der Waals surface area contributed by atoms with E-state index in [-0.39, 0.29) is 5.97 Å². The van der Waals surface area contributed by atoms with Crippen LogP contribution < -0.4 is 0 Å². The van der Waals surface area contributed by atoms with E-state index in [0.29, 0.717) is 0 Å². The monoisotopic (exact) mass is 340 g/mol. The van der Waals surface area contributed by atoms with Gasteiger partial charge in [-0.2, -0.15) is 0 Å². The van der Waals surface area contributed by atoms with Crippen molar-refractivity contribution in [1.82, 2.24) is 0 Å². The zero-order valence-electron chi connectivity index (χ0n) is 9.47. The van der Waals surface area contributed by atoms with Gasteiger partial charge in [-0.1, -0.05) is 0 Å². The molecule has 0 amide bonds. The SMILES string of the molecule is CC(=O)OI(c1ccccc1)c1ccccc1. The third kappa shape index (κ3) is 3.30.